The SMILES string of the molecule is CCCCOc1ccc(OCC(=O)N2CCN(C)CC2)cc1. The number of hydrogen-bond acceptors (Lipinski definition) is 4. The van der Waals surface area contributed by atoms with E-state index in [-0.39, 0.29) is 12.5 Å². The lowest BCUT2D eigenvalue weighted by molar-refractivity contribution is -0.134. The molecule has 5 nitrogen and oxygen atoms in total. The summed E-state index contributed by atoms with van der Waals surface area (Å²) in [6.45, 7) is 6.38. The van der Waals surface area contributed by atoms with Crippen molar-refractivity contribution in [3.8, 4) is 11.5 Å². The van der Waals surface area contributed by atoms with Gasteiger partial charge in [0, 0.05) is 26.2 Å². The molecular weight excluding hydrogens is 280 g/mol. The van der Waals surface area contributed by atoms with E-state index in [0.717, 1.165) is 51.4 Å². The van der Waals surface area contributed by atoms with Crippen LogP contribution in [0.3, 0.4) is 0 Å². The Hall–Kier alpha value is -1.75. The first kappa shape index (κ1) is 16.6. The van der Waals surface area contributed by atoms with Crippen LogP contribution in [-0.2, 0) is 4.79 Å². The second kappa shape index (κ2) is 8.63. The van der Waals surface area contributed by atoms with Gasteiger partial charge in [0.15, 0.2) is 6.61 Å². The fourth-order valence-corrected chi connectivity index (χ4v) is 2.26. The highest BCUT2D eigenvalue weighted by atomic mass is 16.5. The van der Waals surface area contributed by atoms with Crippen molar-refractivity contribution in [2.75, 3.05) is 46.4 Å². The minimum atomic E-state index is 0.0522. The maximum Gasteiger partial charge on any atom is 0.260 e. The number of ether oxygens (including phenoxy) is 2. The Labute approximate surface area is 132 Å². The molecule has 1 heterocycles. The number of carbonyl (C=O) groups excluding carboxylic acids is 1. The van der Waals surface area contributed by atoms with E-state index >= 15 is 0 Å². The van der Waals surface area contributed by atoms with Gasteiger partial charge >= 0.3 is 0 Å². The first-order valence-corrected chi connectivity index (χ1v) is 8.01. The Morgan fingerprint density at radius 1 is 1.05 bits per heavy atom. The summed E-state index contributed by atoms with van der Waals surface area (Å²) in [5.41, 5.74) is 0. The minimum absolute atomic E-state index is 0.0522. The monoisotopic (exact) mass is 306 g/mol. The lowest BCUT2D eigenvalue weighted by Crippen LogP contribution is -2.48. The van der Waals surface area contributed by atoms with E-state index in [0.29, 0.717) is 5.75 Å². The van der Waals surface area contributed by atoms with Gasteiger partial charge in [-0.25, -0.2) is 0 Å². The highest BCUT2D eigenvalue weighted by Crippen LogP contribution is 2.18. The van der Waals surface area contributed by atoms with Gasteiger partial charge < -0.3 is 19.3 Å². The first-order valence-electron chi connectivity index (χ1n) is 8.01. The molecule has 22 heavy (non-hydrogen) atoms. The molecule has 0 unspecified atom stereocenters. The Morgan fingerprint density at radius 3 is 2.23 bits per heavy atom. The van der Waals surface area contributed by atoms with Crippen molar-refractivity contribution in [3.05, 3.63) is 24.3 Å². The lowest BCUT2D eigenvalue weighted by atomic mass is 10.3. The standard InChI is InChI=1S/C17H26N2O3/c1-3-4-13-21-15-5-7-16(8-6-15)22-14-17(20)19-11-9-18(2)10-12-19/h5-8H,3-4,9-14H2,1-2H3. The first-order chi connectivity index (χ1) is 10.7. The largest absolute Gasteiger partial charge is 0.494 e. The van der Waals surface area contributed by atoms with Gasteiger partial charge in [-0.2, -0.15) is 0 Å². The quantitative estimate of drug-likeness (QED) is 0.723. The van der Waals surface area contributed by atoms with Crippen LogP contribution in [0, 0.1) is 0 Å². The van der Waals surface area contributed by atoms with Crippen molar-refractivity contribution in [2.24, 2.45) is 0 Å². The number of rotatable bonds is 7. The third-order valence-corrected chi connectivity index (χ3v) is 3.81. The summed E-state index contributed by atoms with van der Waals surface area (Å²) in [5, 5.41) is 0. The van der Waals surface area contributed by atoms with Crippen LogP contribution in [0.2, 0.25) is 0 Å². The molecule has 1 amide bonds. The predicted octanol–water partition coefficient (Wildman–Crippen LogP) is 2.02. The molecule has 0 atom stereocenters. The number of benzene rings is 1. The van der Waals surface area contributed by atoms with Crippen molar-refractivity contribution >= 4 is 5.91 Å². The van der Waals surface area contributed by atoms with Crippen LogP contribution in [0.4, 0.5) is 0 Å². The van der Waals surface area contributed by atoms with Gasteiger partial charge in [0.1, 0.15) is 11.5 Å². The maximum atomic E-state index is 12.1. The van der Waals surface area contributed by atoms with Crippen LogP contribution in [0.25, 0.3) is 0 Å². The topological polar surface area (TPSA) is 42.0 Å². The van der Waals surface area contributed by atoms with Gasteiger partial charge in [0.05, 0.1) is 6.61 Å². The molecule has 2 rings (SSSR count). The Kier molecular flexibility index (Phi) is 6.52. The van der Waals surface area contributed by atoms with Crippen LogP contribution < -0.4 is 9.47 Å². The Balaban J connectivity index is 1.73. The van der Waals surface area contributed by atoms with Crippen molar-refractivity contribution in [1.29, 1.82) is 0 Å². The molecule has 1 fully saturated rings. The van der Waals surface area contributed by atoms with E-state index in [1.165, 1.54) is 0 Å². The average molecular weight is 306 g/mol. The fourth-order valence-electron chi connectivity index (χ4n) is 2.26. The molecule has 0 aliphatic carbocycles. The summed E-state index contributed by atoms with van der Waals surface area (Å²) in [7, 11) is 2.07. The average Bonchev–Trinajstić information content (AvgIpc) is 2.55. The normalized spacial score (nSPS) is 15.6. The summed E-state index contributed by atoms with van der Waals surface area (Å²) in [5.74, 6) is 1.59. The van der Waals surface area contributed by atoms with Gasteiger partial charge in [-0.3, -0.25) is 4.79 Å². The van der Waals surface area contributed by atoms with Gasteiger partial charge in [0.2, 0.25) is 0 Å². The molecular formula is C17H26N2O3. The molecule has 0 N–H and O–H groups in total. The minimum Gasteiger partial charge on any atom is -0.494 e. The molecule has 1 aromatic carbocycles. The summed E-state index contributed by atoms with van der Waals surface area (Å²) < 4.78 is 11.2. The van der Waals surface area contributed by atoms with Gasteiger partial charge in [0.25, 0.3) is 5.91 Å². The van der Waals surface area contributed by atoms with E-state index in [9.17, 15) is 4.79 Å². The van der Waals surface area contributed by atoms with Gasteiger partial charge in [-0.1, -0.05) is 13.3 Å². The third-order valence-electron chi connectivity index (χ3n) is 3.81. The predicted molar refractivity (Wildman–Crippen MR) is 86.4 cm³/mol. The zero-order valence-corrected chi connectivity index (χ0v) is 13.6. The van der Waals surface area contributed by atoms with Crippen molar-refractivity contribution in [1.82, 2.24) is 9.80 Å². The van der Waals surface area contributed by atoms with E-state index in [4.69, 9.17) is 9.47 Å². The molecule has 1 aromatic rings. The number of nitrogens with zero attached hydrogens (tertiary/aromatic N) is 2. The molecule has 1 saturated heterocycles. The van der Waals surface area contributed by atoms with Crippen LogP contribution in [0.1, 0.15) is 19.8 Å². The molecule has 0 aromatic heterocycles. The molecule has 1 aliphatic rings. The summed E-state index contributed by atoms with van der Waals surface area (Å²) >= 11 is 0. The smallest absolute Gasteiger partial charge is 0.260 e. The van der Waals surface area contributed by atoms with Crippen LogP contribution in [0.5, 0.6) is 11.5 Å². The molecule has 5 heteroatoms. The second-order valence-corrected chi connectivity index (χ2v) is 5.65. The van der Waals surface area contributed by atoms with Crippen molar-refractivity contribution in [3.63, 3.8) is 0 Å². The number of unbranched alkanes of at least 4 members (excludes halogenated alkanes) is 1. The lowest BCUT2D eigenvalue weighted by Gasteiger charge is -2.32. The van der Waals surface area contributed by atoms with Gasteiger partial charge in [-0.05, 0) is 37.7 Å². The second-order valence-electron chi connectivity index (χ2n) is 5.65. The number of likely N-dealkylation sites (N-methyl/N-ethyl adjacent to an activating group) is 1. The van der Waals surface area contributed by atoms with Crippen LogP contribution in [0.15, 0.2) is 24.3 Å². The highest BCUT2D eigenvalue weighted by molar-refractivity contribution is 5.77. The highest BCUT2D eigenvalue weighted by Gasteiger charge is 2.19. The van der Waals surface area contributed by atoms with Crippen LogP contribution in [-0.4, -0.2) is 62.1 Å². The molecule has 122 valence electrons. The maximum absolute atomic E-state index is 12.1. The fraction of sp³-hybridized carbons (Fsp3) is 0.588. The Morgan fingerprint density at radius 2 is 1.64 bits per heavy atom. The van der Waals surface area contributed by atoms with E-state index in [1.807, 2.05) is 29.2 Å². The summed E-state index contributed by atoms with van der Waals surface area (Å²) in [6.07, 6.45) is 2.17. The molecule has 0 spiro atoms. The number of carbonyl (C=O) groups is 1. The summed E-state index contributed by atoms with van der Waals surface area (Å²) in [6, 6.07) is 7.45. The third kappa shape index (κ3) is 5.22. The van der Waals surface area contributed by atoms with E-state index < -0.39 is 0 Å². The van der Waals surface area contributed by atoms with E-state index in [1.54, 1.807) is 0 Å². The summed E-state index contributed by atoms with van der Waals surface area (Å²) in [4.78, 5) is 16.2. The molecule has 0 saturated carbocycles. The number of amides is 1. The Bertz CT molecular complexity index is 453. The number of hydrogen-bond donors (Lipinski definition) is 0. The van der Waals surface area contributed by atoms with Crippen LogP contribution >= 0.6 is 0 Å². The molecule has 0 radical (unpaired) electrons. The molecule has 0 bridgehead atoms. The zero-order chi connectivity index (χ0) is 15.8. The van der Waals surface area contributed by atoms with Crippen molar-refractivity contribution < 1.29 is 14.3 Å². The van der Waals surface area contributed by atoms with Gasteiger partial charge in [-0.15, -0.1) is 0 Å². The van der Waals surface area contributed by atoms with E-state index in [2.05, 4.69) is 18.9 Å². The molecule has 1 aliphatic heterocycles. The zero-order valence-electron chi connectivity index (χ0n) is 13.6. The van der Waals surface area contributed by atoms with Crippen molar-refractivity contribution in [2.45, 2.75) is 19.8 Å². The number of piperazine rings is 1.